The van der Waals surface area contributed by atoms with Crippen LogP contribution in [0.2, 0.25) is 0 Å². The molecule has 2 nitrogen and oxygen atoms in total. The minimum atomic E-state index is -0.419. The van der Waals surface area contributed by atoms with Gasteiger partial charge in [-0.25, -0.2) is 0 Å². The number of rotatable bonds is 1. The quantitative estimate of drug-likeness (QED) is 0.754. The van der Waals surface area contributed by atoms with Gasteiger partial charge in [0.1, 0.15) is 0 Å². The van der Waals surface area contributed by atoms with Crippen molar-refractivity contribution in [1.29, 1.82) is 0 Å². The van der Waals surface area contributed by atoms with Crippen molar-refractivity contribution in [3.05, 3.63) is 10.6 Å². The zero-order chi connectivity index (χ0) is 9.85. The lowest BCUT2D eigenvalue weighted by Gasteiger charge is -2.36. The highest BCUT2D eigenvalue weighted by molar-refractivity contribution is 9.11. The number of hydrogen-bond acceptors (Lipinski definition) is 1. The number of halogens is 1. The van der Waals surface area contributed by atoms with Crippen LogP contribution in [-0.2, 0) is 4.79 Å². The van der Waals surface area contributed by atoms with Crippen molar-refractivity contribution in [3.63, 3.8) is 0 Å². The summed E-state index contributed by atoms with van der Waals surface area (Å²) in [5, 5.41) is 0. The molecule has 0 spiro atoms. The van der Waals surface area contributed by atoms with Crippen molar-refractivity contribution in [1.82, 2.24) is 0 Å². The molecule has 2 rings (SSSR count). The van der Waals surface area contributed by atoms with E-state index in [1.165, 1.54) is 0 Å². The molecule has 0 radical (unpaired) electrons. The van der Waals surface area contributed by atoms with E-state index in [1.54, 1.807) is 0 Å². The van der Waals surface area contributed by atoms with Crippen molar-refractivity contribution in [2.45, 2.75) is 26.7 Å². The summed E-state index contributed by atoms with van der Waals surface area (Å²) >= 11 is 3.49. The third-order valence-corrected chi connectivity index (χ3v) is 4.97. The molecule has 72 valence electrons. The molecular formula is C10H14BrNO. The van der Waals surface area contributed by atoms with Crippen LogP contribution in [-0.4, -0.2) is 5.91 Å². The van der Waals surface area contributed by atoms with Gasteiger partial charge in [-0.15, -0.1) is 0 Å². The molecule has 0 aromatic carbocycles. The highest BCUT2D eigenvalue weighted by Gasteiger charge is 2.62. The first-order chi connectivity index (χ1) is 5.93. The van der Waals surface area contributed by atoms with Gasteiger partial charge in [-0.1, -0.05) is 35.9 Å². The zero-order valence-electron chi connectivity index (χ0n) is 7.93. The van der Waals surface area contributed by atoms with E-state index in [2.05, 4.69) is 35.9 Å². The number of allylic oxidation sites excluding steroid dienone is 1. The summed E-state index contributed by atoms with van der Waals surface area (Å²) in [4.78, 5) is 11.6. The average Bonchev–Trinajstić information content (AvgIpc) is 2.35. The second-order valence-electron chi connectivity index (χ2n) is 4.65. The number of carbonyl (C=O) groups excluding carboxylic acids is 1. The molecule has 0 saturated heterocycles. The van der Waals surface area contributed by atoms with Crippen LogP contribution in [0.25, 0.3) is 0 Å². The molecule has 0 aromatic heterocycles. The minimum Gasteiger partial charge on any atom is -0.369 e. The Balaban J connectivity index is 2.57. The first-order valence-electron chi connectivity index (χ1n) is 4.60. The SMILES string of the molecule is CC1(C)[C@H]2C=C(Br)[C@]1(C(N)=O)CC2. The summed E-state index contributed by atoms with van der Waals surface area (Å²) in [5.41, 5.74) is 5.10. The van der Waals surface area contributed by atoms with Gasteiger partial charge in [-0.05, 0) is 24.2 Å². The maximum absolute atomic E-state index is 11.6. The summed E-state index contributed by atoms with van der Waals surface area (Å²) in [6.45, 7) is 4.28. The Kier molecular flexibility index (Phi) is 1.69. The van der Waals surface area contributed by atoms with Crippen molar-refractivity contribution >= 4 is 21.8 Å². The first-order valence-corrected chi connectivity index (χ1v) is 5.40. The van der Waals surface area contributed by atoms with Crippen LogP contribution < -0.4 is 5.73 Å². The fourth-order valence-electron chi connectivity index (χ4n) is 2.97. The van der Waals surface area contributed by atoms with Crippen LogP contribution in [0.1, 0.15) is 26.7 Å². The van der Waals surface area contributed by atoms with E-state index < -0.39 is 5.41 Å². The topological polar surface area (TPSA) is 43.1 Å². The van der Waals surface area contributed by atoms with Gasteiger partial charge in [-0.2, -0.15) is 0 Å². The van der Waals surface area contributed by atoms with Crippen LogP contribution in [0.15, 0.2) is 10.6 Å². The Labute approximate surface area is 86.7 Å². The van der Waals surface area contributed by atoms with Crippen molar-refractivity contribution in [2.75, 3.05) is 0 Å². The lowest BCUT2D eigenvalue weighted by molar-refractivity contribution is -0.129. The van der Waals surface area contributed by atoms with Crippen LogP contribution in [0.5, 0.6) is 0 Å². The molecule has 2 N–H and O–H groups in total. The lowest BCUT2D eigenvalue weighted by atomic mass is 9.68. The molecule has 0 unspecified atom stereocenters. The van der Waals surface area contributed by atoms with E-state index in [-0.39, 0.29) is 11.3 Å². The highest BCUT2D eigenvalue weighted by Crippen LogP contribution is 2.66. The normalized spacial score (nSPS) is 40.5. The molecule has 0 heterocycles. The number of primary amides is 1. The molecule has 2 aliphatic rings. The second kappa shape index (κ2) is 2.38. The molecule has 13 heavy (non-hydrogen) atoms. The van der Waals surface area contributed by atoms with Gasteiger partial charge in [0.25, 0.3) is 0 Å². The molecule has 2 atom stereocenters. The molecule has 1 fully saturated rings. The van der Waals surface area contributed by atoms with Crippen molar-refractivity contribution < 1.29 is 4.79 Å². The van der Waals surface area contributed by atoms with Gasteiger partial charge in [-0.3, -0.25) is 4.79 Å². The Hall–Kier alpha value is -0.310. The lowest BCUT2D eigenvalue weighted by Crippen LogP contribution is -2.44. The standard InChI is InChI=1S/C10H14BrNO/c1-9(2)6-3-4-10(9,8(12)13)7(11)5-6/h5-6H,3-4H2,1-2H3,(H2,12,13)/t6-,10+/m1/s1. The monoisotopic (exact) mass is 243 g/mol. The second-order valence-corrected chi connectivity index (χ2v) is 5.51. The Morgan fingerprint density at radius 2 is 2.31 bits per heavy atom. The maximum Gasteiger partial charge on any atom is 0.229 e. The van der Waals surface area contributed by atoms with Crippen LogP contribution in [0.4, 0.5) is 0 Å². The molecule has 2 bridgehead atoms. The van der Waals surface area contributed by atoms with Gasteiger partial charge < -0.3 is 5.73 Å². The number of amides is 1. The molecular weight excluding hydrogens is 230 g/mol. The largest absolute Gasteiger partial charge is 0.369 e. The number of nitrogens with two attached hydrogens (primary N) is 1. The van der Waals surface area contributed by atoms with Gasteiger partial charge in [0.15, 0.2) is 0 Å². The maximum atomic E-state index is 11.6. The van der Waals surface area contributed by atoms with Crippen LogP contribution in [0, 0.1) is 16.7 Å². The Morgan fingerprint density at radius 1 is 1.69 bits per heavy atom. The minimum absolute atomic E-state index is 0.00231. The molecule has 2 aliphatic carbocycles. The summed E-state index contributed by atoms with van der Waals surface area (Å²) in [6.07, 6.45) is 4.15. The van der Waals surface area contributed by atoms with Gasteiger partial charge in [0.2, 0.25) is 5.91 Å². The Morgan fingerprint density at radius 3 is 2.54 bits per heavy atom. The van der Waals surface area contributed by atoms with Gasteiger partial charge >= 0.3 is 0 Å². The number of hydrogen-bond donors (Lipinski definition) is 1. The summed E-state index contributed by atoms with van der Waals surface area (Å²) in [6, 6.07) is 0. The summed E-state index contributed by atoms with van der Waals surface area (Å²) in [7, 11) is 0. The van der Waals surface area contributed by atoms with Crippen molar-refractivity contribution in [2.24, 2.45) is 22.5 Å². The smallest absolute Gasteiger partial charge is 0.229 e. The van der Waals surface area contributed by atoms with Crippen LogP contribution >= 0.6 is 15.9 Å². The summed E-state index contributed by atoms with van der Waals surface area (Å²) in [5.74, 6) is 0.329. The Bertz CT molecular complexity index is 308. The fraction of sp³-hybridized carbons (Fsp3) is 0.700. The number of fused-ring (bicyclic) bond motifs is 2. The highest BCUT2D eigenvalue weighted by atomic mass is 79.9. The number of carbonyl (C=O) groups is 1. The third-order valence-electron chi connectivity index (χ3n) is 4.03. The van der Waals surface area contributed by atoms with Gasteiger partial charge in [0, 0.05) is 4.48 Å². The average molecular weight is 244 g/mol. The summed E-state index contributed by atoms with van der Waals surface area (Å²) < 4.78 is 1.01. The van der Waals surface area contributed by atoms with Crippen LogP contribution in [0.3, 0.4) is 0 Å². The fourth-order valence-corrected chi connectivity index (χ4v) is 4.19. The molecule has 0 aromatic rings. The van der Waals surface area contributed by atoms with E-state index in [1.807, 2.05) is 0 Å². The third kappa shape index (κ3) is 0.815. The zero-order valence-corrected chi connectivity index (χ0v) is 9.52. The van der Waals surface area contributed by atoms with E-state index in [0.717, 1.165) is 17.3 Å². The van der Waals surface area contributed by atoms with E-state index >= 15 is 0 Å². The van der Waals surface area contributed by atoms with E-state index in [4.69, 9.17) is 5.73 Å². The molecule has 1 saturated carbocycles. The molecule has 3 heteroatoms. The predicted octanol–water partition coefficient (Wildman–Crippen LogP) is 2.19. The predicted molar refractivity (Wildman–Crippen MR) is 55.1 cm³/mol. The van der Waals surface area contributed by atoms with Crippen molar-refractivity contribution in [3.8, 4) is 0 Å². The first kappa shape index (κ1) is 9.25. The van der Waals surface area contributed by atoms with E-state index in [0.29, 0.717) is 5.92 Å². The van der Waals surface area contributed by atoms with E-state index in [9.17, 15) is 4.79 Å². The molecule has 1 amide bonds. The molecule has 0 aliphatic heterocycles. The van der Waals surface area contributed by atoms with Gasteiger partial charge in [0.05, 0.1) is 5.41 Å².